The fraction of sp³-hybridized carbons (Fsp3) is 0.533. The van der Waals surface area contributed by atoms with Crippen molar-refractivity contribution < 1.29 is 9.53 Å². The van der Waals surface area contributed by atoms with Crippen molar-refractivity contribution in [3.05, 3.63) is 33.8 Å². The molecule has 0 unspecified atom stereocenters. The van der Waals surface area contributed by atoms with Gasteiger partial charge in [-0.15, -0.1) is 0 Å². The van der Waals surface area contributed by atoms with Gasteiger partial charge in [0.25, 0.3) is 0 Å². The lowest BCUT2D eigenvalue weighted by atomic mass is 9.94. The van der Waals surface area contributed by atoms with E-state index >= 15 is 0 Å². The molecule has 0 spiro atoms. The molecular formula is C15H19Cl2NO2. The zero-order chi connectivity index (χ0) is 14.5. The number of ether oxygens (including phenoxy) is 1. The number of ketones is 1. The van der Waals surface area contributed by atoms with E-state index in [1.807, 2.05) is 6.07 Å². The van der Waals surface area contributed by atoms with Crippen LogP contribution in [0.4, 0.5) is 0 Å². The summed E-state index contributed by atoms with van der Waals surface area (Å²) in [7, 11) is 0. The van der Waals surface area contributed by atoms with E-state index < -0.39 is 0 Å². The number of carbonyl (C=O) groups excluding carboxylic acids is 1. The molecule has 5 heteroatoms. The molecule has 0 amide bonds. The van der Waals surface area contributed by atoms with E-state index in [2.05, 4.69) is 5.32 Å². The van der Waals surface area contributed by atoms with Gasteiger partial charge in [-0.05, 0) is 37.5 Å². The first kappa shape index (κ1) is 15.8. The molecule has 0 saturated carbocycles. The van der Waals surface area contributed by atoms with Gasteiger partial charge >= 0.3 is 0 Å². The monoisotopic (exact) mass is 315 g/mol. The van der Waals surface area contributed by atoms with E-state index in [9.17, 15) is 4.79 Å². The zero-order valence-electron chi connectivity index (χ0n) is 11.5. The second-order valence-corrected chi connectivity index (χ2v) is 5.95. The van der Waals surface area contributed by atoms with Crippen molar-refractivity contribution in [1.29, 1.82) is 0 Å². The Morgan fingerprint density at radius 2 is 2.05 bits per heavy atom. The lowest BCUT2D eigenvalue weighted by molar-refractivity contribution is -0.118. The van der Waals surface area contributed by atoms with E-state index in [1.165, 1.54) is 0 Å². The number of hydrogen-bond donors (Lipinski definition) is 1. The third-order valence-corrected chi connectivity index (χ3v) is 4.41. The highest BCUT2D eigenvalue weighted by Crippen LogP contribution is 2.27. The standard InChI is InChI=1S/C15H19Cl2NO2/c1-10(19)13(9-18-12-4-6-20-7-5-12)11-2-3-14(16)15(17)8-11/h2-3,8,12-13,18H,4-7,9H2,1H3/t13-/m0/s1. The van der Waals surface area contributed by atoms with Crippen LogP contribution in [0.25, 0.3) is 0 Å². The zero-order valence-corrected chi connectivity index (χ0v) is 13.0. The molecule has 0 aliphatic carbocycles. The summed E-state index contributed by atoms with van der Waals surface area (Å²) in [6.07, 6.45) is 1.98. The average molecular weight is 316 g/mol. The van der Waals surface area contributed by atoms with Crippen LogP contribution >= 0.6 is 23.2 Å². The molecule has 1 aromatic carbocycles. The number of nitrogens with one attached hydrogen (secondary N) is 1. The Hall–Kier alpha value is -0.610. The molecule has 1 atom stereocenters. The predicted octanol–water partition coefficient (Wildman–Crippen LogP) is 3.43. The topological polar surface area (TPSA) is 38.3 Å². The number of benzene rings is 1. The van der Waals surface area contributed by atoms with Gasteiger partial charge in [0.15, 0.2) is 0 Å². The van der Waals surface area contributed by atoms with E-state index in [4.69, 9.17) is 27.9 Å². The normalized spacial score (nSPS) is 17.9. The minimum Gasteiger partial charge on any atom is -0.381 e. The second kappa shape index (κ2) is 7.41. The molecule has 2 rings (SSSR count). The highest BCUT2D eigenvalue weighted by atomic mass is 35.5. The first-order valence-corrected chi connectivity index (χ1v) is 7.60. The van der Waals surface area contributed by atoms with Crippen LogP contribution < -0.4 is 5.32 Å². The van der Waals surface area contributed by atoms with E-state index in [0.717, 1.165) is 31.6 Å². The van der Waals surface area contributed by atoms with Crippen molar-refractivity contribution in [3.8, 4) is 0 Å². The maximum absolute atomic E-state index is 11.9. The molecule has 1 aliphatic rings. The summed E-state index contributed by atoms with van der Waals surface area (Å²) < 4.78 is 5.33. The van der Waals surface area contributed by atoms with Crippen LogP contribution in [0.1, 0.15) is 31.2 Å². The van der Waals surface area contributed by atoms with Gasteiger partial charge in [-0.1, -0.05) is 29.3 Å². The largest absolute Gasteiger partial charge is 0.381 e. The highest BCUT2D eigenvalue weighted by molar-refractivity contribution is 6.42. The molecule has 1 heterocycles. The summed E-state index contributed by atoms with van der Waals surface area (Å²) in [5.74, 6) is -0.0597. The summed E-state index contributed by atoms with van der Waals surface area (Å²) in [5, 5.41) is 4.46. The Labute approximate surface area is 129 Å². The Balaban J connectivity index is 2.02. The lowest BCUT2D eigenvalue weighted by Gasteiger charge is -2.25. The van der Waals surface area contributed by atoms with E-state index in [0.29, 0.717) is 22.6 Å². The van der Waals surface area contributed by atoms with Crippen molar-refractivity contribution in [1.82, 2.24) is 5.32 Å². The Morgan fingerprint density at radius 3 is 2.65 bits per heavy atom. The van der Waals surface area contributed by atoms with Crippen LogP contribution in [-0.4, -0.2) is 31.6 Å². The maximum atomic E-state index is 11.9. The van der Waals surface area contributed by atoms with Gasteiger partial charge in [0.1, 0.15) is 5.78 Å². The van der Waals surface area contributed by atoms with Crippen molar-refractivity contribution in [3.63, 3.8) is 0 Å². The summed E-state index contributed by atoms with van der Waals surface area (Å²) in [6.45, 7) is 3.81. The Bertz CT molecular complexity index is 473. The van der Waals surface area contributed by atoms with E-state index in [-0.39, 0.29) is 11.7 Å². The summed E-state index contributed by atoms with van der Waals surface area (Å²) in [5.41, 5.74) is 0.909. The molecule has 1 saturated heterocycles. The minimum absolute atomic E-state index is 0.128. The molecule has 0 radical (unpaired) electrons. The molecule has 3 nitrogen and oxygen atoms in total. The fourth-order valence-corrected chi connectivity index (χ4v) is 2.72. The molecule has 1 fully saturated rings. The van der Waals surface area contributed by atoms with Crippen molar-refractivity contribution in [2.45, 2.75) is 31.7 Å². The molecule has 1 aromatic rings. The van der Waals surface area contributed by atoms with Crippen molar-refractivity contribution >= 4 is 29.0 Å². The molecule has 1 aliphatic heterocycles. The molecule has 110 valence electrons. The lowest BCUT2D eigenvalue weighted by Crippen LogP contribution is -2.38. The second-order valence-electron chi connectivity index (χ2n) is 5.13. The summed E-state index contributed by atoms with van der Waals surface area (Å²) in [6, 6.07) is 5.81. The van der Waals surface area contributed by atoms with E-state index in [1.54, 1.807) is 19.1 Å². The first-order valence-electron chi connectivity index (χ1n) is 6.84. The van der Waals surface area contributed by atoms with Crippen LogP contribution in [0, 0.1) is 0 Å². The van der Waals surface area contributed by atoms with Crippen LogP contribution in [0.15, 0.2) is 18.2 Å². The van der Waals surface area contributed by atoms with Crippen molar-refractivity contribution in [2.24, 2.45) is 0 Å². The fourth-order valence-electron chi connectivity index (χ4n) is 2.41. The van der Waals surface area contributed by atoms with Crippen LogP contribution in [-0.2, 0) is 9.53 Å². The first-order chi connectivity index (χ1) is 9.58. The number of rotatable bonds is 5. The van der Waals surface area contributed by atoms with Gasteiger partial charge in [0.05, 0.1) is 16.0 Å². The van der Waals surface area contributed by atoms with Crippen LogP contribution in [0.2, 0.25) is 10.0 Å². The highest BCUT2D eigenvalue weighted by Gasteiger charge is 2.20. The third-order valence-electron chi connectivity index (χ3n) is 3.67. The van der Waals surface area contributed by atoms with Crippen LogP contribution in [0.5, 0.6) is 0 Å². The number of halogens is 2. The van der Waals surface area contributed by atoms with Crippen LogP contribution in [0.3, 0.4) is 0 Å². The van der Waals surface area contributed by atoms with Gasteiger partial charge in [-0.2, -0.15) is 0 Å². The van der Waals surface area contributed by atoms with Gasteiger partial charge < -0.3 is 10.1 Å². The van der Waals surface area contributed by atoms with Gasteiger partial charge in [0, 0.05) is 25.8 Å². The summed E-state index contributed by atoms with van der Waals surface area (Å²) in [4.78, 5) is 11.9. The van der Waals surface area contributed by atoms with Gasteiger partial charge in [-0.25, -0.2) is 0 Å². The predicted molar refractivity (Wildman–Crippen MR) is 81.7 cm³/mol. The minimum atomic E-state index is -0.187. The molecule has 20 heavy (non-hydrogen) atoms. The quantitative estimate of drug-likeness (QED) is 0.904. The number of hydrogen-bond acceptors (Lipinski definition) is 3. The Kier molecular flexibility index (Phi) is 5.85. The molecular weight excluding hydrogens is 297 g/mol. The molecule has 1 N–H and O–H groups in total. The Morgan fingerprint density at radius 1 is 1.35 bits per heavy atom. The smallest absolute Gasteiger partial charge is 0.138 e. The van der Waals surface area contributed by atoms with Crippen molar-refractivity contribution in [2.75, 3.05) is 19.8 Å². The SMILES string of the molecule is CC(=O)[C@H](CNC1CCOCC1)c1ccc(Cl)c(Cl)c1. The molecule has 0 aromatic heterocycles. The molecule has 0 bridgehead atoms. The summed E-state index contributed by atoms with van der Waals surface area (Å²) >= 11 is 11.9. The number of Topliss-reactive ketones (excluding diaryl/α,β-unsaturated/α-hetero) is 1. The average Bonchev–Trinajstić information content (AvgIpc) is 2.43. The van der Waals surface area contributed by atoms with Gasteiger partial charge in [0.2, 0.25) is 0 Å². The third kappa shape index (κ3) is 4.19. The number of carbonyl (C=O) groups is 1. The maximum Gasteiger partial charge on any atom is 0.138 e. The van der Waals surface area contributed by atoms with Gasteiger partial charge in [-0.3, -0.25) is 4.79 Å².